The second kappa shape index (κ2) is 11.9. The van der Waals surface area contributed by atoms with Gasteiger partial charge in [-0.3, -0.25) is 4.79 Å². The molecule has 3 atom stereocenters. The van der Waals surface area contributed by atoms with Gasteiger partial charge in [0.05, 0.1) is 18.3 Å². The van der Waals surface area contributed by atoms with Crippen LogP contribution >= 0.6 is 0 Å². The second-order valence-corrected chi connectivity index (χ2v) is 12.5. The Balaban J connectivity index is 1.30. The fraction of sp³-hybridized carbons (Fsp3) is 0.594. The van der Waals surface area contributed by atoms with Crippen molar-refractivity contribution in [2.24, 2.45) is 5.41 Å². The molecule has 0 saturated carbocycles. The van der Waals surface area contributed by atoms with Gasteiger partial charge in [-0.2, -0.15) is 9.97 Å². The third kappa shape index (κ3) is 5.63. The maximum atomic E-state index is 14.5. The number of fused-ring (bicyclic) bond motifs is 2. The number of ether oxygens (including phenoxy) is 2. The first kappa shape index (κ1) is 29.0. The topological polar surface area (TPSA) is 71.0 Å². The average molecular weight is 582 g/mol. The summed E-state index contributed by atoms with van der Waals surface area (Å²) < 4.78 is 40.0. The molecule has 42 heavy (non-hydrogen) atoms. The molecular formula is C32H41F2N5O3. The van der Waals surface area contributed by atoms with Crippen molar-refractivity contribution in [1.29, 1.82) is 0 Å². The van der Waals surface area contributed by atoms with E-state index in [1.54, 1.807) is 13.2 Å². The molecule has 2 fully saturated rings. The van der Waals surface area contributed by atoms with Crippen LogP contribution in [0.2, 0.25) is 0 Å². The molecule has 1 aromatic heterocycles. The Hall–Kier alpha value is -3.11. The lowest BCUT2D eigenvalue weighted by Crippen LogP contribution is -2.57. The summed E-state index contributed by atoms with van der Waals surface area (Å²) in [6.45, 7) is 6.38. The fourth-order valence-corrected chi connectivity index (χ4v) is 7.52. The quantitative estimate of drug-likeness (QED) is 0.460. The summed E-state index contributed by atoms with van der Waals surface area (Å²) in [5, 5.41) is 0. The Morgan fingerprint density at radius 3 is 2.64 bits per heavy atom. The largest absolute Gasteiger partial charge is 0.462 e. The van der Waals surface area contributed by atoms with E-state index in [2.05, 4.69) is 29.5 Å². The zero-order chi connectivity index (χ0) is 29.4. The van der Waals surface area contributed by atoms with Crippen LogP contribution in [0.5, 0.6) is 6.01 Å². The van der Waals surface area contributed by atoms with Gasteiger partial charge in [-0.1, -0.05) is 18.7 Å². The molecule has 2 aliphatic carbocycles. The Labute approximate surface area is 246 Å². The molecule has 2 saturated heterocycles. The van der Waals surface area contributed by atoms with Gasteiger partial charge in [-0.15, -0.1) is 0 Å². The maximum absolute atomic E-state index is 14.5. The van der Waals surface area contributed by atoms with Crippen LogP contribution in [-0.4, -0.2) is 91.3 Å². The molecule has 1 amide bonds. The molecule has 0 radical (unpaired) electrons. The predicted molar refractivity (Wildman–Crippen MR) is 156 cm³/mol. The standard InChI is InChI=1S/C32H41F2N5O3/c1-21(33)30(40)39-15-14-38(18-24(39)19-41-3)29-26-10-12-32(11-9-25-22(16-32)6-4-8-27(25)34)17-28(26)35-31(36-29)42-20-23-7-5-13-37(23)2/h4,6,8,23-24H,1,5,7,9-20H2,2-3H3/t23-,24+,32-/m0/s1. The lowest BCUT2D eigenvalue weighted by atomic mass is 9.63. The van der Waals surface area contributed by atoms with Crippen LogP contribution in [0.4, 0.5) is 14.6 Å². The third-order valence-electron chi connectivity index (χ3n) is 9.90. The van der Waals surface area contributed by atoms with E-state index in [9.17, 15) is 13.6 Å². The van der Waals surface area contributed by atoms with E-state index >= 15 is 0 Å². The van der Waals surface area contributed by atoms with E-state index in [0.29, 0.717) is 38.3 Å². The fourth-order valence-electron chi connectivity index (χ4n) is 7.52. The molecule has 10 heteroatoms. The Kier molecular flexibility index (Phi) is 8.20. The summed E-state index contributed by atoms with van der Waals surface area (Å²) in [5.74, 6) is -0.924. The number of halogens is 2. The van der Waals surface area contributed by atoms with Gasteiger partial charge in [-0.25, -0.2) is 8.78 Å². The Morgan fingerprint density at radius 1 is 1.10 bits per heavy atom. The number of hydrogen-bond acceptors (Lipinski definition) is 7. The molecule has 0 bridgehead atoms. The summed E-state index contributed by atoms with van der Waals surface area (Å²) >= 11 is 0. The molecule has 1 aromatic carbocycles. The third-order valence-corrected chi connectivity index (χ3v) is 9.90. The summed E-state index contributed by atoms with van der Waals surface area (Å²) in [6.07, 6.45) is 7.31. The van der Waals surface area contributed by atoms with Crippen molar-refractivity contribution in [3.63, 3.8) is 0 Å². The van der Waals surface area contributed by atoms with Gasteiger partial charge in [0.2, 0.25) is 0 Å². The second-order valence-electron chi connectivity index (χ2n) is 12.5. The first-order chi connectivity index (χ1) is 20.3. The number of nitrogens with zero attached hydrogens (tertiary/aromatic N) is 5. The molecule has 226 valence electrons. The summed E-state index contributed by atoms with van der Waals surface area (Å²) in [6, 6.07) is 5.81. The number of aromatic nitrogens is 2. The number of methoxy groups -OCH3 is 1. The van der Waals surface area contributed by atoms with Crippen molar-refractivity contribution in [2.45, 2.75) is 63.5 Å². The van der Waals surface area contributed by atoms with E-state index in [1.807, 2.05) is 6.07 Å². The number of rotatable bonds is 7. The number of anilines is 1. The first-order valence-corrected chi connectivity index (χ1v) is 15.2. The van der Waals surface area contributed by atoms with Crippen LogP contribution in [-0.2, 0) is 35.2 Å². The van der Waals surface area contributed by atoms with Gasteiger partial charge in [0.1, 0.15) is 18.2 Å². The van der Waals surface area contributed by atoms with Crippen LogP contribution in [0, 0.1) is 11.2 Å². The van der Waals surface area contributed by atoms with Crippen LogP contribution in [0.1, 0.15) is 48.1 Å². The molecule has 6 rings (SSSR count). The SMILES string of the molecule is C=C(F)C(=O)N1CCN(c2nc(OC[C@@H]3CCCN3C)nc3c2CC[C@]2(CCc4c(F)cccc4C2)C3)C[C@@H]1COC. The molecule has 0 unspecified atom stereocenters. The highest BCUT2D eigenvalue weighted by Gasteiger charge is 2.41. The number of amides is 1. The molecule has 0 N–H and O–H groups in total. The molecule has 8 nitrogen and oxygen atoms in total. The van der Waals surface area contributed by atoms with Crippen LogP contribution < -0.4 is 9.64 Å². The number of piperazine rings is 1. The normalized spacial score (nSPS) is 25.8. The maximum Gasteiger partial charge on any atom is 0.318 e. The van der Waals surface area contributed by atoms with Gasteiger partial charge < -0.3 is 24.2 Å². The van der Waals surface area contributed by atoms with Crippen molar-refractivity contribution in [2.75, 3.05) is 58.5 Å². The lowest BCUT2D eigenvalue weighted by Gasteiger charge is -2.44. The molecular weight excluding hydrogens is 540 g/mol. The highest BCUT2D eigenvalue weighted by Crippen LogP contribution is 2.47. The predicted octanol–water partition coefficient (Wildman–Crippen LogP) is 3.90. The monoisotopic (exact) mass is 581 g/mol. The van der Waals surface area contributed by atoms with Crippen LogP contribution in [0.3, 0.4) is 0 Å². The minimum Gasteiger partial charge on any atom is -0.462 e. The summed E-state index contributed by atoms with van der Waals surface area (Å²) in [4.78, 5) is 28.5. The van der Waals surface area contributed by atoms with Crippen molar-refractivity contribution in [1.82, 2.24) is 19.8 Å². The molecule has 1 spiro atoms. The van der Waals surface area contributed by atoms with Crippen molar-refractivity contribution >= 4 is 11.7 Å². The molecule has 4 aliphatic rings. The zero-order valence-corrected chi connectivity index (χ0v) is 24.7. The van der Waals surface area contributed by atoms with Gasteiger partial charge in [0.25, 0.3) is 5.91 Å². The van der Waals surface area contributed by atoms with E-state index in [1.165, 1.54) is 4.90 Å². The number of carbonyl (C=O) groups is 1. The van der Waals surface area contributed by atoms with Gasteiger partial charge in [0, 0.05) is 38.3 Å². The van der Waals surface area contributed by atoms with Crippen molar-refractivity contribution in [3.05, 3.63) is 58.8 Å². The first-order valence-electron chi connectivity index (χ1n) is 15.2. The number of likely N-dealkylation sites (tertiary alicyclic amines) is 1. The lowest BCUT2D eigenvalue weighted by molar-refractivity contribution is -0.132. The zero-order valence-electron chi connectivity index (χ0n) is 24.7. The number of benzene rings is 1. The van der Waals surface area contributed by atoms with E-state index in [4.69, 9.17) is 19.4 Å². The Bertz CT molecular complexity index is 1360. The molecule has 2 aliphatic heterocycles. The van der Waals surface area contributed by atoms with Gasteiger partial charge in [0.15, 0.2) is 5.83 Å². The minimum atomic E-state index is -0.962. The highest BCUT2D eigenvalue weighted by molar-refractivity contribution is 5.91. The minimum absolute atomic E-state index is 0.0214. The number of carbonyl (C=O) groups excluding carboxylic acids is 1. The van der Waals surface area contributed by atoms with Crippen molar-refractivity contribution < 1.29 is 23.0 Å². The van der Waals surface area contributed by atoms with Gasteiger partial charge >= 0.3 is 6.01 Å². The van der Waals surface area contributed by atoms with Crippen LogP contribution in [0.15, 0.2) is 30.6 Å². The van der Waals surface area contributed by atoms with Crippen LogP contribution in [0.25, 0.3) is 0 Å². The number of likely N-dealkylation sites (N-methyl/N-ethyl adjacent to an activating group) is 1. The summed E-state index contributed by atoms with van der Waals surface area (Å²) in [7, 11) is 3.70. The van der Waals surface area contributed by atoms with Crippen molar-refractivity contribution in [3.8, 4) is 6.01 Å². The molecule has 2 aromatic rings. The van der Waals surface area contributed by atoms with Gasteiger partial charge in [-0.05, 0) is 87.6 Å². The van der Waals surface area contributed by atoms with E-state index in [0.717, 1.165) is 86.1 Å². The highest BCUT2D eigenvalue weighted by atomic mass is 19.1. The van der Waals surface area contributed by atoms with E-state index < -0.39 is 11.7 Å². The average Bonchev–Trinajstić information content (AvgIpc) is 3.39. The Morgan fingerprint density at radius 2 is 1.90 bits per heavy atom. The summed E-state index contributed by atoms with van der Waals surface area (Å²) in [5.41, 5.74) is 4.10. The van der Waals surface area contributed by atoms with E-state index in [-0.39, 0.29) is 23.9 Å². The number of hydrogen-bond donors (Lipinski definition) is 0. The smallest absolute Gasteiger partial charge is 0.318 e. The molecule has 3 heterocycles.